The quantitative estimate of drug-likeness (QED) is 0.485. The first-order valence-electron chi connectivity index (χ1n) is 8.24. The van der Waals surface area contributed by atoms with Gasteiger partial charge >= 0.3 is 124 Å². The molecule has 0 aliphatic carbocycles. The van der Waals surface area contributed by atoms with Gasteiger partial charge in [-0.3, -0.25) is 0 Å². The Hall–Kier alpha value is 0.0787. The van der Waals surface area contributed by atoms with E-state index in [9.17, 15) is 0 Å². The molecule has 0 aliphatic rings. The zero-order chi connectivity index (χ0) is 14.1. The molecule has 0 bridgehead atoms. The summed E-state index contributed by atoms with van der Waals surface area (Å²) in [5.41, 5.74) is 0. The third-order valence-electron chi connectivity index (χ3n) is 4.37. The van der Waals surface area contributed by atoms with Gasteiger partial charge in [-0.05, 0) is 0 Å². The number of aryl methyl sites for hydroxylation is 1. The molecule has 0 spiro atoms. The predicted octanol–water partition coefficient (Wildman–Crippen LogP) is 5.64. The van der Waals surface area contributed by atoms with Gasteiger partial charge in [-0.25, -0.2) is 0 Å². The molecule has 1 aromatic heterocycles. The van der Waals surface area contributed by atoms with E-state index in [1.807, 2.05) is 0 Å². The first-order chi connectivity index (χ1) is 9.18. The van der Waals surface area contributed by atoms with Crippen LogP contribution in [0.1, 0.15) is 65.1 Å². The standard InChI is InChI=1S/C5H5O.3C4H9.Sn/c1-5-3-2-4-6-5;3*1-3-4-2;/h3-4H,1H3;3*1,3-4H2,2H3;. The van der Waals surface area contributed by atoms with E-state index < -0.39 is 18.4 Å². The molecule has 1 aromatic rings. The third kappa shape index (κ3) is 5.17. The Morgan fingerprint density at radius 2 is 1.37 bits per heavy atom. The third-order valence-corrected chi connectivity index (χ3v) is 19.8. The fraction of sp³-hybridized carbons (Fsp3) is 0.765. The zero-order valence-electron chi connectivity index (χ0n) is 13.4. The van der Waals surface area contributed by atoms with Gasteiger partial charge < -0.3 is 0 Å². The molecule has 1 rings (SSSR count). The molecule has 2 heteroatoms. The van der Waals surface area contributed by atoms with Crippen LogP contribution in [0, 0.1) is 6.92 Å². The van der Waals surface area contributed by atoms with E-state index in [2.05, 4.69) is 40.0 Å². The summed E-state index contributed by atoms with van der Waals surface area (Å²) >= 11 is -2.17. The van der Waals surface area contributed by atoms with Crippen molar-refractivity contribution < 1.29 is 4.42 Å². The maximum atomic E-state index is 5.66. The van der Waals surface area contributed by atoms with Crippen LogP contribution in [0.2, 0.25) is 13.3 Å². The summed E-state index contributed by atoms with van der Waals surface area (Å²) in [5, 5.41) is 0. The summed E-state index contributed by atoms with van der Waals surface area (Å²) in [6.07, 6.45) is 10.4. The fourth-order valence-electron chi connectivity index (χ4n) is 3.08. The minimum absolute atomic E-state index is 1.11. The Balaban J connectivity index is 2.93. The Morgan fingerprint density at radius 3 is 1.68 bits per heavy atom. The van der Waals surface area contributed by atoms with Crippen molar-refractivity contribution in [1.82, 2.24) is 0 Å². The summed E-state index contributed by atoms with van der Waals surface area (Å²) in [4.78, 5) is 0. The van der Waals surface area contributed by atoms with Crippen LogP contribution in [0.15, 0.2) is 16.7 Å². The van der Waals surface area contributed by atoms with Crippen LogP contribution in [-0.4, -0.2) is 18.4 Å². The van der Waals surface area contributed by atoms with Gasteiger partial charge in [-0.1, -0.05) is 0 Å². The number of rotatable bonds is 10. The molecule has 1 nitrogen and oxygen atoms in total. The summed E-state index contributed by atoms with van der Waals surface area (Å²) in [6.45, 7) is 9.09. The van der Waals surface area contributed by atoms with Crippen molar-refractivity contribution in [2.24, 2.45) is 0 Å². The Morgan fingerprint density at radius 1 is 0.895 bits per heavy atom. The molecule has 0 fully saturated rings. The van der Waals surface area contributed by atoms with Crippen LogP contribution in [-0.2, 0) is 0 Å². The van der Waals surface area contributed by atoms with Gasteiger partial charge in [0.15, 0.2) is 0 Å². The Bertz CT molecular complexity index is 321. The summed E-state index contributed by atoms with van der Waals surface area (Å²) in [5.74, 6) is 1.11. The second kappa shape index (κ2) is 9.10. The van der Waals surface area contributed by atoms with Crippen molar-refractivity contribution in [3.8, 4) is 0 Å². The van der Waals surface area contributed by atoms with Gasteiger partial charge in [0.25, 0.3) is 0 Å². The van der Waals surface area contributed by atoms with E-state index >= 15 is 0 Å². The second-order valence-corrected chi connectivity index (χ2v) is 19.3. The van der Waals surface area contributed by atoms with Crippen LogP contribution in [0.5, 0.6) is 0 Å². The molecule has 0 N–H and O–H groups in total. The first-order valence-corrected chi connectivity index (χ1v) is 15.7. The van der Waals surface area contributed by atoms with Crippen molar-refractivity contribution in [2.45, 2.75) is 79.5 Å². The first kappa shape index (κ1) is 17.1. The number of unbranched alkanes of at least 4 members (excludes halogenated alkanes) is 3. The molecule has 0 saturated carbocycles. The van der Waals surface area contributed by atoms with E-state index in [4.69, 9.17) is 4.42 Å². The molecule has 1 heterocycles. The SMILES string of the molecule is CCC[CH2][Sn]([CH2]CCC)([CH2]CCC)[c]1coc(C)c1. The van der Waals surface area contributed by atoms with Crippen molar-refractivity contribution in [3.63, 3.8) is 0 Å². The predicted molar refractivity (Wildman–Crippen MR) is 88.0 cm³/mol. The fourth-order valence-corrected chi connectivity index (χ4v) is 18.8. The van der Waals surface area contributed by atoms with E-state index in [0.29, 0.717) is 0 Å². The molecule has 0 amide bonds. The van der Waals surface area contributed by atoms with Crippen molar-refractivity contribution in [1.29, 1.82) is 0 Å². The maximum absolute atomic E-state index is 5.66. The molecule has 0 radical (unpaired) electrons. The van der Waals surface area contributed by atoms with Gasteiger partial charge in [0, 0.05) is 0 Å². The molecule has 0 unspecified atom stereocenters. The summed E-state index contributed by atoms with van der Waals surface area (Å²) in [7, 11) is 0. The van der Waals surface area contributed by atoms with Gasteiger partial charge in [0.2, 0.25) is 0 Å². The molecule has 110 valence electrons. The van der Waals surface area contributed by atoms with Gasteiger partial charge in [-0.2, -0.15) is 0 Å². The van der Waals surface area contributed by atoms with Crippen LogP contribution < -0.4 is 3.58 Å². The Labute approximate surface area is 124 Å². The molecular formula is C17H32OSn. The van der Waals surface area contributed by atoms with Crippen LogP contribution in [0.25, 0.3) is 0 Å². The number of hydrogen-bond acceptors (Lipinski definition) is 1. The second-order valence-electron chi connectivity index (χ2n) is 6.04. The van der Waals surface area contributed by atoms with Crippen molar-refractivity contribution in [3.05, 3.63) is 18.1 Å². The van der Waals surface area contributed by atoms with Crippen molar-refractivity contribution >= 4 is 22.0 Å². The van der Waals surface area contributed by atoms with Crippen molar-refractivity contribution in [2.75, 3.05) is 0 Å². The number of hydrogen-bond donors (Lipinski definition) is 0. The van der Waals surface area contributed by atoms with Crippen LogP contribution >= 0.6 is 0 Å². The van der Waals surface area contributed by atoms with Crippen LogP contribution in [0.3, 0.4) is 0 Å². The Kier molecular flexibility index (Phi) is 8.20. The van der Waals surface area contributed by atoms with E-state index in [-0.39, 0.29) is 0 Å². The normalized spacial score (nSPS) is 12.0. The minimum atomic E-state index is -2.17. The molecular weight excluding hydrogens is 339 g/mol. The monoisotopic (exact) mass is 372 g/mol. The number of furan rings is 1. The molecule has 19 heavy (non-hydrogen) atoms. The molecule has 0 saturated heterocycles. The van der Waals surface area contributed by atoms with E-state index in [1.165, 1.54) is 51.8 Å². The van der Waals surface area contributed by atoms with Gasteiger partial charge in [0.1, 0.15) is 0 Å². The molecule has 0 atom stereocenters. The van der Waals surface area contributed by atoms with E-state index in [1.54, 1.807) is 3.58 Å². The summed E-state index contributed by atoms with van der Waals surface area (Å²) < 4.78 is 11.9. The van der Waals surface area contributed by atoms with Crippen LogP contribution in [0.4, 0.5) is 0 Å². The zero-order valence-corrected chi connectivity index (χ0v) is 16.3. The molecule has 0 aromatic carbocycles. The van der Waals surface area contributed by atoms with Gasteiger partial charge in [0.05, 0.1) is 0 Å². The van der Waals surface area contributed by atoms with Gasteiger partial charge in [-0.15, -0.1) is 0 Å². The van der Waals surface area contributed by atoms with E-state index in [0.717, 1.165) is 5.76 Å². The average molecular weight is 371 g/mol. The molecule has 0 aliphatic heterocycles. The average Bonchev–Trinajstić information content (AvgIpc) is 2.85. The summed E-state index contributed by atoms with van der Waals surface area (Å²) in [6, 6.07) is 2.37. The topological polar surface area (TPSA) is 13.1 Å².